The number of ether oxygens (including phenoxy) is 1. The van der Waals surface area contributed by atoms with Gasteiger partial charge in [-0.3, -0.25) is 4.72 Å². The molecule has 0 bridgehead atoms. The van der Waals surface area contributed by atoms with E-state index in [2.05, 4.69) is 9.88 Å². The second kappa shape index (κ2) is 9.52. The molecule has 0 unspecified atom stereocenters. The number of pyridine rings is 1. The largest absolute Gasteiger partial charge is 0.375 e. The normalized spacial score (nSPS) is 23.9. The van der Waals surface area contributed by atoms with Crippen molar-refractivity contribution in [2.75, 3.05) is 43.4 Å². The molecule has 1 aromatic carbocycles. The predicted molar refractivity (Wildman–Crippen MR) is 123 cm³/mol. The molecule has 34 heavy (non-hydrogen) atoms. The minimum atomic E-state index is -4.77. The van der Waals surface area contributed by atoms with Crippen molar-refractivity contribution in [3.63, 3.8) is 0 Å². The van der Waals surface area contributed by atoms with Gasteiger partial charge in [0.25, 0.3) is 10.0 Å². The number of methoxy groups -OCH3 is 1. The molecule has 3 heterocycles. The number of sulfonamides is 1. The molecule has 0 saturated carbocycles. The Morgan fingerprint density at radius 3 is 2.68 bits per heavy atom. The fourth-order valence-electron chi connectivity index (χ4n) is 5.02. The third-order valence-electron chi connectivity index (χ3n) is 6.71. The number of halogens is 4. The number of anilines is 2. The van der Waals surface area contributed by atoms with E-state index in [1.54, 1.807) is 12.0 Å². The number of hydrogen-bond donors (Lipinski definition) is 1. The second-order valence-electron chi connectivity index (χ2n) is 8.72. The molecular weight excluding hydrogens is 493 g/mol. The van der Waals surface area contributed by atoms with Crippen molar-refractivity contribution in [2.24, 2.45) is 0 Å². The van der Waals surface area contributed by atoms with E-state index < -0.39 is 48.9 Å². The van der Waals surface area contributed by atoms with Crippen LogP contribution in [-0.2, 0) is 14.8 Å². The lowest BCUT2D eigenvalue weighted by atomic mass is 9.85. The standard InChI is InChI=1S/C22H26ClF3N4O3S/c1-29-10-4-3-6-16(29)22(33-2)9-11-30(13-22)15-12-14(24)21(20(26)19(15)23)34(31,32)28-18-8-5-7-17(25)27-18/h5,7-8,12,16H,3-4,6,9-11,13H2,1-2H3,(H,27,28)/t16-,22-/m1/s1. The minimum Gasteiger partial charge on any atom is -0.375 e. The Morgan fingerprint density at radius 1 is 1.24 bits per heavy atom. The molecule has 2 aliphatic heterocycles. The summed E-state index contributed by atoms with van der Waals surface area (Å²) in [4.78, 5) is 6.08. The Balaban J connectivity index is 1.64. The predicted octanol–water partition coefficient (Wildman–Crippen LogP) is 4.03. The van der Waals surface area contributed by atoms with E-state index >= 15 is 8.78 Å². The van der Waals surface area contributed by atoms with Crippen LogP contribution in [0.3, 0.4) is 0 Å². The molecule has 2 aliphatic rings. The first-order valence-electron chi connectivity index (χ1n) is 10.9. The van der Waals surface area contributed by atoms with E-state index in [0.717, 1.165) is 44.0 Å². The highest BCUT2D eigenvalue weighted by Gasteiger charge is 2.48. The van der Waals surface area contributed by atoms with Crippen LogP contribution in [-0.4, -0.2) is 63.7 Å². The van der Waals surface area contributed by atoms with Crippen LogP contribution in [0.1, 0.15) is 25.7 Å². The number of hydrogen-bond acceptors (Lipinski definition) is 6. The van der Waals surface area contributed by atoms with E-state index in [4.69, 9.17) is 16.3 Å². The fraction of sp³-hybridized carbons (Fsp3) is 0.500. The van der Waals surface area contributed by atoms with Gasteiger partial charge in [-0.2, -0.15) is 4.39 Å². The lowest BCUT2D eigenvalue weighted by molar-refractivity contribution is -0.0689. The molecule has 1 N–H and O–H groups in total. The third kappa shape index (κ3) is 4.58. The zero-order chi connectivity index (χ0) is 24.7. The van der Waals surface area contributed by atoms with Gasteiger partial charge in [0.05, 0.1) is 5.69 Å². The second-order valence-corrected chi connectivity index (χ2v) is 10.7. The van der Waals surface area contributed by atoms with Gasteiger partial charge >= 0.3 is 0 Å². The number of benzene rings is 1. The molecule has 2 fully saturated rings. The van der Waals surface area contributed by atoms with Gasteiger partial charge in [0.1, 0.15) is 22.3 Å². The van der Waals surface area contributed by atoms with Crippen molar-refractivity contribution in [1.82, 2.24) is 9.88 Å². The molecular formula is C22H26ClF3N4O3S. The number of nitrogens with zero attached hydrogens (tertiary/aromatic N) is 3. The van der Waals surface area contributed by atoms with Gasteiger partial charge < -0.3 is 14.5 Å². The lowest BCUT2D eigenvalue weighted by Gasteiger charge is -2.44. The van der Waals surface area contributed by atoms with Crippen LogP contribution in [0.15, 0.2) is 29.2 Å². The van der Waals surface area contributed by atoms with Gasteiger partial charge in [0.15, 0.2) is 10.7 Å². The van der Waals surface area contributed by atoms with E-state index in [0.29, 0.717) is 19.5 Å². The Morgan fingerprint density at radius 2 is 2.00 bits per heavy atom. The number of likely N-dealkylation sites (N-methyl/N-ethyl adjacent to an activating group) is 1. The van der Waals surface area contributed by atoms with Crippen LogP contribution in [0.4, 0.5) is 24.7 Å². The van der Waals surface area contributed by atoms with Crippen molar-refractivity contribution in [3.05, 3.63) is 46.9 Å². The molecule has 7 nitrogen and oxygen atoms in total. The molecule has 12 heteroatoms. The summed E-state index contributed by atoms with van der Waals surface area (Å²) in [6.07, 6.45) is 3.76. The van der Waals surface area contributed by atoms with E-state index in [1.807, 2.05) is 11.8 Å². The van der Waals surface area contributed by atoms with E-state index in [1.165, 1.54) is 6.07 Å². The zero-order valence-electron chi connectivity index (χ0n) is 18.8. The smallest absolute Gasteiger partial charge is 0.268 e. The first-order chi connectivity index (χ1) is 16.1. The molecule has 1 aromatic heterocycles. The highest BCUT2D eigenvalue weighted by atomic mass is 35.5. The first kappa shape index (κ1) is 25.0. The highest BCUT2D eigenvalue weighted by molar-refractivity contribution is 7.92. The maximum atomic E-state index is 15.2. The van der Waals surface area contributed by atoms with E-state index in [-0.39, 0.29) is 11.7 Å². The number of nitrogens with one attached hydrogen (secondary N) is 1. The summed E-state index contributed by atoms with van der Waals surface area (Å²) in [7, 11) is -1.09. The molecule has 0 amide bonds. The quantitative estimate of drug-likeness (QED) is 0.460. The van der Waals surface area contributed by atoms with Crippen molar-refractivity contribution in [1.29, 1.82) is 0 Å². The number of piperidine rings is 1. The Labute approximate surface area is 201 Å². The number of aromatic nitrogens is 1. The van der Waals surface area contributed by atoms with Crippen LogP contribution in [0, 0.1) is 17.6 Å². The topological polar surface area (TPSA) is 74.8 Å². The van der Waals surface area contributed by atoms with E-state index in [9.17, 15) is 12.8 Å². The average molecular weight is 519 g/mol. The van der Waals surface area contributed by atoms with Crippen LogP contribution in [0.5, 0.6) is 0 Å². The lowest BCUT2D eigenvalue weighted by Crippen LogP contribution is -2.56. The van der Waals surface area contributed by atoms with Gasteiger partial charge in [0, 0.05) is 32.3 Å². The summed E-state index contributed by atoms with van der Waals surface area (Å²) >= 11 is 6.23. The summed E-state index contributed by atoms with van der Waals surface area (Å²) in [5.74, 6) is -4.11. The first-order valence-corrected chi connectivity index (χ1v) is 12.8. The van der Waals surface area contributed by atoms with Crippen molar-refractivity contribution in [2.45, 2.75) is 42.2 Å². The summed E-state index contributed by atoms with van der Waals surface area (Å²) in [6.45, 7) is 1.74. The third-order valence-corrected chi connectivity index (χ3v) is 8.46. The van der Waals surface area contributed by atoms with Crippen LogP contribution in [0.25, 0.3) is 0 Å². The Kier molecular flexibility index (Phi) is 7.01. The maximum absolute atomic E-state index is 15.2. The van der Waals surface area contributed by atoms with Gasteiger partial charge in [0.2, 0.25) is 5.95 Å². The van der Waals surface area contributed by atoms with Crippen molar-refractivity contribution < 1.29 is 26.3 Å². The highest BCUT2D eigenvalue weighted by Crippen LogP contribution is 2.41. The summed E-state index contributed by atoms with van der Waals surface area (Å²) in [5.41, 5.74) is -0.488. The van der Waals surface area contributed by atoms with Gasteiger partial charge in [-0.1, -0.05) is 24.1 Å². The Hall–Kier alpha value is -2.08. The zero-order valence-corrected chi connectivity index (χ0v) is 20.4. The SMILES string of the molecule is CO[C@]1([C@H]2CCCCN2C)CCN(c2cc(F)c(S(=O)(=O)Nc3cccc(F)n3)c(F)c2Cl)C1. The minimum absolute atomic E-state index is 0.0527. The fourth-order valence-corrected chi connectivity index (χ4v) is 6.49. The Bertz CT molecular complexity index is 1190. The summed E-state index contributed by atoms with van der Waals surface area (Å²) < 4.78 is 76.7. The molecule has 186 valence electrons. The molecule has 0 radical (unpaired) electrons. The average Bonchev–Trinajstić information content (AvgIpc) is 3.21. The summed E-state index contributed by atoms with van der Waals surface area (Å²) in [5, 5.41) is -0.516. The van der Waals surface area contributed by atoms with Gasteiger partial charge in [-0.15, -0.1) is 0 Å². The molecule has 2 aromatic rings. The summed E-state index contributed by atoms with van der Waals surface area (Å²) in [6, 6.07) is 4.43. The monoisotopic (exact) mass is 518 g/mol. The molecule has 4 rings (SSSR count). The molecule has 0 aliphatic carbocycles. The van der Waals surface area contributed by atoms with Crippen LogP contribution < -0.4 is 9.62 Å². The molecule has 0 spiro atoms. The van der Waals surface area contributed by atoms with Crippen LogP contribution in [0.2, 0.25) is 5.02 Å². The van der Waals surface area contributed by atoms with Gasteiger partial charge in [-0.25, -0.2) is 22.2 Å². The number of likely N-dealkylation sites (tertiary alicyclic amines) is 1. The molecule has 2 atom stereocenters. The van der Waals surface area contributed by atoms with Gasteiger partial charge in [-0.05, 0) is 45.0 Å². The molecule has 2 saturated heterocycles. The van der Waals surface area contributed by atoms with Crippen molar-refractivity contribution in [3.8, 4) is 0 Å². The number of rotatable bonds is 6. The maximum Gasteiger partial charge on any atom is 0.268 e. The van der Waals surface area contributed by atoms with Crippen LogP contribution >= 0.6 is 11.6 Å². The van der Waals surface area contributed by atoms with Crippen molar-refractivity contribution >= 4 is 33.1 Å².